The third-order valence-corrected chi connectivity index (χ3v) is 3.94. The summed E-state index contributed by atoms with van der Waals surface area (Å²) in [6.07, 6.45) is 0. The van der Waals surface area contributed by atoms with Crippen LogP contribution in [0.1, 0.15) is 44.2 Å². The van der Waals surface area contributed by atoms with Gasteiger partial charge < -0.3 is 10.1 Å². The van der Waals surface area contributed by atoms with Crippen molar-refractivity contribution < 1.29 is 14.3 Å². The second kappa shape index (κ2) is 7.46. The molecule has 0 aliphatic heterocycles. The van der Waals surface area contributed by atoms with Crippen LogP contribution in [0.3, 0.4) is 0 Å². The van der Waals surface area contributed by atoms with Gasteiger partial charge in [-0.1, -0.05) is 32.0 Å². The molecule has 1 heterocycles. The van der Waals surface area contributed by atoms with Gasteiger partial charge in [-0.05, 0) is 25.8 Å². The summed E-state index contributed by atoms with van der Waals surface area (Å²) in [5.74, 6) is -1.20. The summed E-state index contributed by atoms with van der Waals surface area (Å²) in [6.45, 7) is 7.25. The molecule has 0 spiro atoms. The molecule has 1 atom stereocenters. The lowest BCUT2D eigenvalue weighted by Gasteiger charge is -2.20. The molecule has 0 saturated carbocycles. The Balaban J connectivity index is 2.56. The minimum atomic E-state index is -0.794. The second-order valence-electron chi connectivity index (χ2n) is 6.46. The van der Waals surface area contributed by atoms with Gasteiger partial charge in [0.15, 0.2) is 5.69 Å². The van der Waals surface area contributed by atoms with Gasteiger partial charge in [0, 0.05) is 5.39 Å². The first-order valence-corrected chi connectivity index (χ1v) is 8.18. The van der Waals surface area contributed by atoms with Crippen molar-refractivity contribution in [3.05, 3.63) is 40.3 Å². The molecule has 0 bridgehead atoms. The van der Waals surface area contributed by atoms with Gasteiger partial charge in [0.1, 0.15) is 6.04 Å². The number of aromatic nitrogens is 2. The van der Waals surface area contributed by atoms with Crippen LogP contribution in [0.2, 0.25) is 0 Å². The Morgan fingerprint density at radius 1 is 1.12 bits per heavy atom. The Kier molecular flexibility index (Phi) is 5.56. The van der Waals surface area contributed by atoms with Crippen molar-refractivity contribution in [1.82, 2.24) is 15.1 Å². The number of carbonyl (C=O) groups excluding carboxylic acids is 2. The van der Waals surface area contributed by atoms with Crippen molar-refractivity contribution >= 4 is 22.6 Å². The van der Waals surface area contributed by atoms with Gasteiger partial charge in [-0.25, -0.2) is 9.48 Å². The van der Waals surface area contributed by atoms with Crippen molar-refractivity contribution in [3.8, 4) is 0 Å². The van der Waals surface area contributed by atoms with Gasteiger partial charge >= 0.3 is 5.97 Å². The number of nitrogens with one attached hydrogen (secondary N) is 1. The number of amides is 1. The Labute approximate surface area is 146 Å². The first-order chi connectivity index (χ1) is 11.8. The fraction of sp³-hybridized carbons (Fsp3) is 0.444. The number of hydrogen-bond donors (Lipinski definition) is 1. The second-order valence-corrected chi connectivity index (χ2v) is 6.46. The number of carbonyl (C=O) groups is 2. The van der Waals surface area contributed by atoms with E-state index >= 15 is 0 Å². The van der Waals surface area contributed by atoms with E-state index < -0.39 is 17.9 Å². The SMILES string of the molecule is COC(=O)C(NC(=O)c1nn(C(C)C)c(=O)c2ccccc12)C(C)C. The molecule has 2 rings (SSSR count). The number of ether oxygens (including phenoxy) is 1. The average Bonchev–Trinajstić information content (AvgIpc) is 2.58. The van der Waals surface area contributed by atoms with E-state index in [9.17, 15) is 14.4 Å². The fourth-order valence-electron chi connectivity index (χ4n) is 2.56. The molecular weight excluding hydrogens is 322 g/mol. The van der Waals surface area contributed by atoms with E-state index in [0.717, 1.165) is 0 Å². The maximum atomic E-state index is 12.8. The number of fused-ring (bicyclic) bond motifs is 1. The van der Waals surface area contributed by atoms with Crippen molar-refractivity contribution in [1.29, 1.82) is 0 Å². The third-order valence-electron chi connectivity index (χ3n) is 3.94. The monoisotopic (exact) mass is 345 g/mol. The predicted octanol–water partition coefficient (Wildman–Crippen LogP) is 1.90. The van der Waals surface area contributed by atoms with Crippen LogP contribution in [-0.4, -0.2) is 34.8 Å². The smallest absolute Gasteiger partial charge is 0.328 e. The van der Waals surface area contributed by atoms with Crippen LogP contribution in [0, 0.1) is 5.92 Å². The van der Waals surface area contributed by atoms with Gasteiger partial charge in [0.2, 0.25) is 0 Å². The molecule has 2 aromatic rings. The van der Waals surface area contributed by atoms with Crippen molar-refractivity contribution in [2.24, 2.45) is 5.92 Å². The van der Waals surface area contributed by atoms with Crippen molar-refractivity contribution in [3.63, 3.8) is 0 Å². The molecular formula is C18H23N3O4. The van der Waals surface area contributed by atoms with Gasteiger partial charge in [-0.2, -0.15) is 5.10 Å². The highest BCUT2D eigenvalue weighted by Crippen LogP contribution is 2.15. The van der Waals surface area contributed by atoms with Crippen LogP contribution in [0.15, 0.2) is 29.1 Å². The molecule has 1 aromatic heterocycles. The summed E-state index contributed by atoms with van der Waals surface area (Å²) in [7, 11) is 1.27. The molecule has 1 N–H and O–H groups in total. The quantitative estimate of drug-likeness (QED) is 0.836. The Morgan fingerprint density at radius 3 is 2.24 bits per heavy atom. The van der Waals surface area contributed by atoms with Crippen LogP contribution in [0.25, 0.3) is 10.8 Å². The topological polar surface area (TPSA) is 90.3 Å². The Hall–Kier alpha value is -2.70. The van der Waals surface area contributed by atoms with Gasteiger partial charge in [0.25, 0.3) is 11.5 Å². The number of rotatable bonds is 5. The van der Waals surface area contributed by atoms with Gasteiger partial charge in [-0.3, -0.25) is 9.59 Å². The van der Waals surface area contributed by atoms with Crippen LogP contribution in [-0.2, 0) is 9.53 Å². The maximum absolute atomic E-state index is 12.8. The normalized spacial score (nSPS) is 12.4. The molecule has 0 aliphatic rings. The zero-order valence-corrected chi connectivity index (χ0v) is 15.1. The molecule has 7 heteroatoms. The van der Waals surface area contributed by atoms with E-state index in [1.54, 1.807) is 24.3 Å². The average molecular weight is 345 g/mol. The lowest BCUT2D eigenvalue weighted by molar-refractivity contribution is -0.144. The van der Waals surface area contributed by atoms with E-state index in [1.165, 1.54) is 11.8 Å². The number of esters is 1. The van der Waals surface area contributed by atoms with Crippen molar-refractivity contribution in [2.45, 2.75) is 39.8 Å². The number of benzene rings is 1. The van der Waals surface area contributed by atoms with E-state index in [2.05, 4.69) is 10.4 Å². The number of nitrogens with zero attached hydrogens (tertiary/aromatic N) is 2. The molecule has 1 aromatic carbocycles. The summed E-state index contributed by atoms with van der Waals surface area (Å²) < 4.78 is 6.03. The standard InChI is InChI=1S/C18H23N3O4/c1-10(2)14(18(24)25-5)19-16(22)15-12-8-6-7-9-13(12)17(23)21(20-15)11(3)4/h6-11,14H,1-5H3,(H,19,22). The lowest BCUT2D eigenvalue weighted by Crippen LogP contribution is -2.45. The highest BCUT2D eigenvalue weighted by molar-refractivity contribution is 6.05. The van der Waals surface area contributed by atoms with E-state index in [-0.39, 0.29) is 23.2 Å². The summed E-state index contributed by atoms with van der Waals surface area (Å²) in [6, 6.07) is 5.81. The summed E-state index contributed by atoms with van der Waals surface area (Å²) in [5, 5.41) is 7.77. The first-order valence-electron chi connectivity index (χ1n) is 8.18. The Morgan fingerprint density at radius 2 is 1.72 bits per heavy atom. The van der Waals surface area contributed by atoms with E-state index in [0.29, 0.717) is 10.8 Å². The molecule has 25 heavy (non-hydrogen) atoms. The third kappa shape index (κ3) is 3.70. The van der Waals surface area contributed by atoms with Crippen LogP contribution < -0.4 is 10.9 Å². The Bertz CT molecular complexity index is 855. The van der Waals surface area contributed by atoms with Crippen LogP contribution >= 0.6 is 0 Å². The zero-order valence-electron chi connectivity index (χ0n) is 15.1. The zero-order chi connectivity index (χ0) is 18.7. The van der Waals surface area contributed by atoms with Crippen LogP contribution in [0.4, 0.5) is 0 Å². The van der Waals surface area contributed by atoms with Gasteiger partial charge in [0.05, 0.1) is 18.5 Å². The first kappa shape index (κ1) is 18.6. The maximum Gasteiger partial charge on any atom is 0.328 e. The molecule has 134 valence electrons. The molecule has 1 unspecified atom stereocenters. The minimum absolute atomic E-state index is 0.110. The van der Waals surface area contributed by atoms with E-state index in [1.807, 2.05) is 27.7 Å². The largest absolute Gasteiger partial charge is 0.467 e. The summed E-state index contributed by atoms with van der Waals surface area (Å²) in [5.41, 5.74) is -0.144. The summed E-state index contributed by atoms with van der Waals surface area (Å²) in [4.78, 5) is 37.2. The minimum Gasteiger partial charge on any atom is -0.467 e. The lowest BCUT2D eigenvalue weighted by atomic mass is 10.0. The number of hydrogen-bond acceptors (Lipinski definition) is 5. The molecule has 1 amide bonds. The molecule has 0 saturated heterocycles. The van der Waals surface area contributed by atoms with Gasteiger partial charge in [-0.15, -0.1) is 0 Å². The highest BCUT2D eigenvalue weighted by atomic mass is 16.5. The summed E-state index contributed by atoms with van der Waals surface area (Å²) >= 11 is 0. The molecule has 7 nitrogen and oxygen atoms in total. The molecule has 0 fully saturated rings. The fourth-order valence-corrected chi connectivity index (χ4v) is 2.56. The highest BCUT2D eigenvalue weighted by Gasteiger charge is 2.27. The molecule has 0 radical (unpaired) electrons. The predicted molar refractivity (Wildman–Crippen MR) is 94.5 cm³/mol. The van der Waals surface area contributed by atoms with E-state index in [4.69, 9.17) is 4.74 Å². The number of methoxy groups -OCH3 is 1. The van der Waals surface area contributed by atoms with Crippen molar-refractivity contribution in [2.75, 3.05) is 7.11 Å². The van der Waals surface area contributed by atoms with Crippen LogP contribution in [0.5, 0.6) is 0 Å². The molecule has 0 aliphatic carbocycles.